The summed E-state index contributed by atoms with van der Waals surface area (Å²) in [6.45, 7) is 8.93. The van der Waals surface area contributed by atoms with Crippen LogP contribution in [-0.4, -0.2) is 51.6 Å². The van der Waals surface area contributed by atoms with Gasteiger partial charge in [0, 0.05) is 49.4 Å². The minimum Gasteiger partial charge on any atom is -0.494 e. The van der Waals surface area contributed by atoms with Gasteiger partial charge in [0.1, 0.15) is 17.3 Å². The largest absolute Gasteiger partial charge is 0.494 e. The second kappa shape index (κ2) is 10.5. The zero-order valence-corrected chi connectivity index (χ0v) is 22.7. The Balaban J connectivity index is 1.60. The molecule has 9 nitrogen and oxygen atoms in total. The molecule has 1 N–H and O–H groups in total. The molecule has 0 saturated carbocycles. The van der Waals surface area contributed by atoms with E-state index in [0.717, 1.165) is 83.6 Å². The number of fused-ring (bicyclic) bond motifs is 1. The van der Waals surface area contributed by atoms with Crippen LogP contribution in [0.1, 0.15) is 34.7 Å². The van der Waals surface area contributed by atoms with E-state index >= 15 is 0 Å². The third-order valence-corrected chi connectivity index (χ3v) is 7.01. The van der Waals surface area contributed by atoms with Crippen molar-refractivity contribution in [2.45, 2.75) is 40.2 Å². The highest BCUT2D eigenvalue weighted by atomic mass is 35.5. The molecule has 194 valence electrons. The number of nitrogens with one attached hydrogen (secondary N) is 1. The molecule has 10 heteroatoms. The lowest BCUT2D eigenvalue weighted by molar-refractivity contribution is 0.310. The maximum absolute atomic E-state index is 6.70. The van der Waals surface area contributed by atoms with Crippen molar-refractivity contribution in [1.82, 2.24) is 30.2 Å². The fourth-order valence-corrected chi connectivity index (χ4v) is 5.04. The molecule has 3 aromatic heterocycles. The zero-order valence-electron chi connectivity index (χ0n) is 21.9. The SMILES string of the molecule is CNCCCOc1ccc(Cl)c(-c2nc(-c3c(C)noc3C)c(C)c(N3CCc4nn(C)cc4C3)n2)c1. The van der Waals surface area contributed by atoms with Gasteiger partial charge in [-0.2, -0.15) is 5.10 Å². The van der Waals surface area contributed by atoms with Gasteiger partial charge in [0.15, 0.2) is 5.82 Å². The summed E-state index contributed by atoms with van der Waals surface area (Å²) in [5, 5.41) is 12.5. The number of benzene rings is 1. The topological polar surface area (TPSA) is 94.1 Å². The lowest BCUT2D eigenvalue weighted by Crippen LogP contribution is -2.31. The van der Waals surface area contributed by atoms with Crippen LogP contribution in [0.4, 0.5) is 5.82 Å². The third kappa shape index (κ3) is 5.06. The van der Waals surface area contributed by atoms with E-state index in [1.807, 2.05) is 50.8 Å². The van der Waals surface area contributed by atoms with E-state index in [2.05, 4.69) is 33.6 Å². The van der Waals surface area contributed by atoms with Crippen molar-refractivity contribution in [2.24, 2.45) is 7.05 Å². The van der Waals surface area contributed by atoms with Crippen LogP contribution in [0, 0.1) is 20.8 Å². The number of rotatable bonds is 8. The van der Waals surface area contributed by atoms with Crippen LogP contribution >= 0.6 is 11.6 Å². The summed E-state index contributed by atoms with van der Waals surface area (Å²) in [5.41, 5.74) is 6.52. The van der Waals surface area contributed by atoms with E-state index in [1.165, 1.54) is 5.56 Å². The van der Waals surface area contributed by atoms with Gasteiger partial charge in [0.25, 0.3) is 0 Å². The molecular weight excluding hydrogens is 490 g/mol. The quantitative estimate of drug-likeness (QED) is 0.334. The molecule has 0 atom stereocenters. The van der Waals surface area contributed by atoms with Crippen LogP contribution < -0.4 is 15.0 Å². The van der Waals surface area contributed by atoms with Crippen LogP contribution in [0.15, 0.2) is 28.9 Å². The molecular formula is C27H32ClN7O2. The molecule has 0 spiro atoms. The van der Waals surface area contributed by atoms with Gasteiger partial charge < -0.3 is 19.5 Å². The smallest absolute Gasteiger partial charge is 0.163 e. The fraction of sp³-hybridized carbons (Fsp3) is 0.407. The molecule has 0 saturated heterocycles. The molecule has 1 aliphatic heterocycles. The number of hydrogen-bond donors (Lipinski definition) is 1. The van der Waals surface area contributed by atoms with Gasteiger partial charge in [-0.25, -0.2) is 9.97 Å². The monoisotopic (exact) mass is 521 g/mol. The second-order valence-electron chi connectivity index (χ2n) is 9.44. The molecule has 0 bridgehead atoms. The van der Waals surface area contributed by atoms with E-state index in [9.17, 15) is 0 Å². The predicted octanol–water partition coefficient (Wildman–Crippen LogP) is 4.66. The summed E-state index contributed by atoms with van der Waals surface area (Å²) >= 11 is 6.70. The third-order valence-electron chi connectivity index (χ3n) is 6.68. The molecule has 37 heavy (non-hydrogen) atoms. The molecule has 0 fully saturated rings. The average molecular weight is 522 g/mol. The molecule has 0 amide bonds. The molecule has 0 unspecified atom stereocenters. The number of aryl methyl sites for hydroxylation is 3. The molecule has 0 aliphatic carbocycles. The van der Waals surface area contributed by atoms with Crippen LogP contribution in [0.5, 0.6) is 5.75 Å². The Kier molecular flexibility index (Phi) is 7.17. The number of hydrogen-bond acceptors (Lipinski definition) is 8. The summed E-state index contributed by atoms with van der Waals surface area (Å²) in [6, 6.07) is 5.64. The average Bonchev–Trinajstić information content (AvgIpc) is 3.42. The second-order valence-corrected chi connectivity index (χ2v) is 9.84. The lowest BCUT2D eigenvalue weighted by Gasteiger charge is -2.29. The van der Waals surface area contributed by atoms with Crippen molar-refractivity contribution in [3.05, 3.63) is 57.7 Å². The fourth-order valence-electron chi connectivity index (χ4n) is 4.83. The number of nitrogens with zero attached hydrogens (tertiary/aromatic N) is 6. The van der Waals surface area contributed by atoms with Gasteiger partial charge in [-0.1, -0.05) is 16.8 Å². The van der Waals surface area contributed by atoms with Gasteiger partial charge in [0.05, 0.1) is 34.3 Å². The minimum atomic E-state index is 0.540. The van der Waals surface area contributed by atoms with Crippen molar-refractivity contribution in [2.75, 3.05) is 31.6 Å². The maximum atomic E-state index is 6.70. The number of aromatic nitrogens is 5. The highest BCUT2D eigenvalue weighted by molar-refractivity contribution is 6.33. The molecule has 1 aromatic carbocycles. The van der Waals surface area contributed by atoms with Gasteiger partial charge in [-0.3, -0.25) is 4.68 Å². The molecule has 5 rings (SSSR count). The Hall–Kier alpha value is -3.43. The van der Waals surface area contributed by atoms with Crippen LogP contribution in [0.3, 0.4) is 0 Å². The van der Waals surface area contributed by atoms with Crippen LogP contribution in [0.25, 0.3) is 22.6 Å². The first-order valence-corrected chi connectivity index (χ1v) is 12.9. The van der Waals surface area contributed by atoms with Gasteiger partial charge in [0.2, 0.25) is 0 Å². The van der Waals surface area contributed by atoms with E-state index in [-0.39, 0.29) is 0 Å². The van der Waals surface area contributed by atoms with E-state index in [1.54, 1.807) is 0 Å². The van der Waals surface area contributed by atoms with E-state index in [4.69, 9.17) is 30.8 Å². The number of anilines is 1. The first kappa shape index (κ1) is 25.2. The Morgan fingerprint density at radius 2 is 2.03 bits per heavy atom. The zero-order chi connectivity index (χ0) is 26.1. The summed E-state index contributed by atoms with van der Waals surface area (Å²) < 4.78 is 13.4. The standard InChI is InChI=1S/C27H32ClN7O2/c1-16-25(24-17(2)33-37-18(24)3)30-26(21-13-20(7-8-22(21)28)36-12-6-10-29-4)31-27(16)35-11-9-23-19(15-35)14-34(5)32-23/h7-8,13-14,29H,6,9-12,15H2,1-5H3. The Morgan fingerprint density at radius 3 is 2.78 bits per heavy atom. The van der Waals surface area contributed by atoms with Crippen molar-refractivity contribution >= 4 is 17.4 Å². The van der Waals surface area contributed by atoms with Gasteiger partial charge in [-0.05, 0) is 59.0 Å². The lowest BCUT2D eigenvalue weighted by atomic mass is 10.0. The van der Waals surface area contributed by atoms with Crippen LogP contribution in [-0.2, 0) is 20.0 Å². The highest BCUT2D eigenvalue weighted by Crippen LogP contribution is 2.38. The summed E-state index contributed by atoms with van der Waals surface area (Å²) in [7, 11) is 3.89. The molecule has 0 radical (unpaired) electrons. The predicted molar refractivity (Wildman–Crippen MR) is 144 cm³/mol. The van der Waals surface area contributed by atoms with E-state index < -0.39 is 0 Å². The summed E-state index contributed by atoms with van der Waals surface area (Å²) in [6.07, 6.45) is 3.84. The van der Waals surface area contributed by atoms with Crippen molar-refractivity contribution in [3.8, 4) is 28.4 Å². The van der Waals surface area contributed by atoms with Gasteiger partial charge in [-0.15, -0.1) is 0 Å². The first-order chi connectivity index (χ1) is 17.9. The van der Waals surface area contributed by atoms with Gasteiger partial charge >= 0.3 is 0 Å². The van der Waals surface area contributed by atoms with Crippen molar-refractivity contribution in [3.63, 3.8) is 0 Å². The number of halogens is 1. The summed E-state index contributed by atoms with van der Waals surface area (Å²) in [4.78, 5) is 12.4. The summed E-state index contributed by atoms with van der Waals surface area (Å²) in [5.74, 6) is 2.86. The maximum Gasteiger partial charge on any atom is 0.163 e. The highest BCUT2D eigenvalue weighted by Gasteiger charge is 2.26. The van der Waals surface area contributed by atoms with Crippen molar-refractivity contribution in [1.29, 1.82) is 0 Å². The normalized spacial score (nSPS) is 13.2. The van der Waals surface area contributed by atoms with Crippen LogP contribution in [0.2, 0.25) is 5.02 Å². The molecule has 4 heterocycles. The first-order valence-electron chi connectivity index (χ1n) is 12.5. The Labute approximate surface area is 221 Å². The number of ether oxygens (including phenoxy) is 1. The van der Waals surface area contributed by atoms with E-state index in [0.29, 0.717) is 17.5 Å². The molecule has 1 aliphatic rings. The Morgan fingerprint density at radius 1 is 1.19 bits per heavy atom. The van der Waals surface area contributed by atoms with Crippen molar-refractivity contribution < 1.29 is 9.26 Å². The molecule has 4 aromatic rings. The minimum absolute atomic E-state index is 0.540. The Bertz CT molecular complexity index is 1410.